The van der Waals surface area contributed by atoms with E-state index >= 15 is 0 Å². The number of amides is 1. The molecule has 2 heterocycles. The van der Waals surface area contributed by atoms with Gasteiger partial charge in [0.05, 0.1) is 4.91 Å². The summed E-state index contributed by atoms with van der Waals surface area (Å²) in [6.45, 7) is 5.92. The molecule has 3 rings (SSSR count). The van der Waals surface area contributed by atoms with Crippen LogP contribution in [0, 0.1) is 6.92 Å². The molecule has 0 N–H and O–H groups in total. The maximum absolute atomic E-state index is 12.7. The quantitative estimate of drug-likeness (QED) is 0.534. The number of amidine groups is 1. The van der Waals surface area contributed by atoms with E-state index in [9.17, 15) is 4.79 Å². The summed E-state index contributed by atoms with van der Waals surface area (Å²) in [4.78, 5) is 19.2. The van der Waals surface area contributed by atoms with Gasteiger partial charge < -0.3 is 0 Å². The fourth-order valence-electron chi connectivity index (χ4n) is 2.17. The Hall–Kier alpha value is -2.22. The van der Waals surface area contributed by atoms with E-state index in [1.807, 2.05) is 43.3 Å². The van der Waals surface area contributed by atoms with Crippen molar-refractivity contribution in [3.8, 4) is 0 Å². The molecule has 2 aromatic rings. The molecule has 1 amide bonds. The number of carbonyl (C=O) groups is 1. The highest BCUT2D eigenvalue weighted by atomic mass is 35.5. The summed E-state index contributed by atoms with van der Waals surface area (Å²) in [5, 5.41) is 10.3. The summed E-state index contributed by atoms with van der Waals surface area (Å²) in [5.41, 5.74) is 0.964. The van der Waals surface area contributed by atoms with Crippen LogP contribution in [0.25, 0.3) is 6.08 Å². The Labute approximate surface area is 164 Å². The minimum absolute atomic E-state index is 0.158. The number of hydrogen-bond acceptors (Lipinski definition) is 6. The maximum atomic E-state index is 12.7. The summed E-state index contributed by atoms with van der Waals surface area (Å²) in [5.74, 6) is -0.158. The number of aliphatic imine (C=N–C) groups is 1. The third kappa shape index (κ3) is 4.49. The van der Waals surface area contributed by atoms with Crippen LogP contribution in [0.2, 0.25) is 0 Å². The second-order valence-electron chi connectivity index (χ2n) is 5.25. The predicted octanol–water partition coefficient (Wildman–Crippen LogP) is 4.76. The zero-order valence-electron chi connectivity index (χ0n) is 13.9. The fourth-order valence-corrected chi connectivity index (χ4v) is 4.07. The second-order valence-corrected chi connectivity index (χ2v) is 7.86. The third-order valence-corrected chi connectivity index (χ3v) is 5.24. The minimum Gasteiger partial charge on any atom is -0.282 e. The first-order valence-corrected chi connectivity index (χ1v) is 9.71. The number of thioether (sulfide) groups is 1. The molecule has 1 aliphatic heterocycles. The lowest BCUT2D eigenvalue weighted by atomic mass is 10.2. The fraction of sp³-hybridized carbons (Fsp3) is 0.111. The number of hydrogen-bond donors (Lipinski definition) is 0. The van der Waals surface area contributed by atoms with Crippen molar-refractivity contribution in [3.63, 3.8) is 0 Å². The summed E-state index contributed by atoms with van der Waals surface area (Å²) in [6, 6.07) is 9.68. The molecule has 0 bridgehead atoms. The van der Waals surface area contributed by atoms with E-state index in [0.717, 1.165) is 10.6 Å². The van der Waals surface area contributed by atoms with Crippen molar-refractivity contribution in [2.75, 3.05) is 6.54 Å². The monoisotopic (exact) mass is 402 g/mol. The first kappa shape index (κ1) is 18.6. The van der Waals surface area contributed by atoms with Gasteiger partial charge in [0, 0.05) is 11.6 Å². The Kier molecular flexibility index (Phi) is 6.03. The molecule has 0 atom stereocenters. The van der Waals surface area contributed by atoms with Crippen molar-refractivity contribution in [2.45, 2.75) is 6.92 Å². The van der Waals surface area contributed by atoms with E-state index in [2.05, 4.69) is 21.8 Å². The molecule has 5 nitrogen and oxygen atoms in total. The average molecular weight is 403 g/mol. The van der Waals surface area contributed by atoms with Crippen LogP contribution in [0.1, 0.15) is 10.6 Å². The van der Waals surface area contributed by atoms with Crippen LogP contribution < -0.4 is 0 Å². The van der Waals surface area contributed by atoms with E-state index in [1.54, 1.807) is 17.1 Å². The number of carbonyl (C=O) groups excluding carboxylic acids is 1. The number of aryl methyl sites for hydroxylation is 1. The van der Waals surface area contributed by atoms with Crippen molar-refractivity contribution in [1.82, 2.24) is 15.1 Å². The molecule has 0 saturated carbocycles. The van der Waals surface area contributed by atoms with Gasteiger partial charge in [0.1, 0.15) is 5.01 Å². The summed E-state index contributed by atoms with van der Waals surface area (Å²) >= 11 is 8.95. The van der Waals surface area contributed by atoms with Crippen LogP contribution in [0.4, 0.5) is 5.13 Å². The Balaban J connectivity index is 1.89. The highest BCUT2D eigenvalue weighted by Gasteiger charge is 2.33. The molecule has 132 valence electrons. The van der Waals surface area contributed by atoms with Crippen molar-refractivity contribution in [1.29, 1.82) is 0 Å². The largest absolute Gasteiger partial charge is 0.282 e. The first-order chi connectivity index (χ1) is 12.6. The molecule has 1 saturated heterocycles. The van der Waals surface area contributed by atoms with Gasteiger partial charge in [-0.3, -0.25) is 9.69 Å². The van der Waals surface area contributed by atoms with Crippen molar-refractivity contribution in [2.24, 2.45) is 4.99 Å². The van der Waals surface area contributed by atoms with Gasteiger partial charge in [-0.1, -0.05) is 59.3 Å². The van der Waals surface area contributed by atoms with Gasteiger partial charge in [0.15, 0.2) is 5.17 Å². The minimum atomic E-state index is -0.158. The molecule has 0 radical (unpaired) electrons. The predicted molar refractivity (Wildman–Crippen MR) is 110 cm³/mol. The van der Waals surface area contributed by atoms with Crippen molar-refractivity contribution < 1.29 is 4.79 Å². The Morgan fingerprint density at radius 1 is 1.35 bits per heavy atom. The number of nitrogens with zero attached hydrogens (tertiary/aromatic N) is 4. The number of allylic oxidation sites excluding steroid dienone is 2. The standard InChI is InChI=1S/C18H15ClN4OS2/c1-3-9-23-16(24)15(11-14(19)10-13-7-5-4-6-8-13)26-18(23)20-17-22-21-12(2)25-17/h3-8,10-11H,1,9H2,2H3/b14-10-,15-11-,20-18+. The Morgan fingerprint density at radius 3 is 2.77 bits per heavy atom. The molecule has 1 fully saturated rings. The SMILES string of the molecule is C=CCN1C(=O)/C(=C/C(Cl)=C/c2ccccc2)S/C1=N/c1nnc(C)s1. The first-order valence-electron chi connectivity index (χ1n) is 7.70. The lowest BCUT2D eigenvalue weighted by molar-refractivity contribution is -0.121. The van der Waals surface area contributed by atoms with Crippen LogP contribution in [0.5, 0.6) is 0 Å². The van der Waals surface area contributed by atoms with Gasteiger partial charge in [-0.05, 0) is 36.4 Å². The molecule has 0 unspecified atom stereocenters. The Bertz CT molecular complexity index is 918. The smallest absolute Gasteiger partial charge is 0.267 e. The van der Waals surface area contributed by atoms with Crippen molar-refractivity contribution in [3.05, 3.63) is 69.6 Å². The van der Waals surface area contributed by atoms with Gasteiger partial charge in [-0.25, -0.2) is 0 Å². The molecule has 8 heteroatoms. The molecule has 1 aromatic heterocycles. The third-order valence-electron chi connectivity index (χ3n) is 3.28. The van der Waals surface area contributed by atoms with Crippen LogP contribution in [0.3, 0.4) is 0 Å². The summed E-state index contributed by atoms with van der Waals surface area (Å²) in [7, 11) is 0. The highest BCUT2D eigenvalue weighted by molar-refractivity contribution is 8.18. The molecule has 1 aliphatic rings. The van der Waals surface area contributed by atoms with E-state index < -0.39 is 0 Å². The Morgan fingerprint density at radius 2 is 2.12 bits per heavy atom. The number of rotatable bonds is 5. The molecule has 0 aliphatic carbocycles. The molecular formula is C18H15ClN4OS2. The lowest BCUT2D eigenvalue weighted by Crippen LogP contribution is -2.29. The molecular weight excluding hydrogens is 388 g/mol. The number of benzene rings is 1. The van der Waals surface area contributed by atoms with E-state index in [1.165, 1.54) is 23.1 Å². The van der Waals surface area contributed by atoms with Gasteiger partial charge >= 0.3 is 0 Å². The molecule has 1 aromatic carbocycles. The summed E-state index contributed by atoms with van der Waals surface area (Å²) < 4.78 is 0. The zero-order valence-corrected chi connectivity index (χ0v) is 16.3. The van der Waals surface area contributed by atoms with Crippen molar-refractivity contribution >= 4 is 57.0 Å². The van der Waals surface area contributed by atoms with Gasteiger partial charge in [0.25, 0.3) is 5.91 Å². The van der Waals surface area contributed by atoms with Gasteiger partial charge in [-0.15, -0.1) is 16.8 Å². The second kappa shape index (κ2) is 8.44. The van der Waals surface area contributed by atoms with Gasteiger partial charge in [0.2, 0.25) is 5.13 Å². The van der Waals surface area contributed by atoms with E-state index in [0.29, 0.717) is 26.8 Å². The van der Waals surface area contributed by atoms with E-state index in [4.69, 9.17) is 11.6 Å². The average Bonchev–Trinajstić information content (AvgIpc) is 3.14. The normalized spacial score (nSPS) is 18.2. The van der Waals surface area contributed by atoms with Crippen LogP contribution in [-0.2, 0) is 4.79 Å². The van der Waals surface area contributed by atoms with Crippen LogP contribution >= 0.6 is 34.7 Å². The van der Waals surface area contributed by atoms with Crippen LogP contribution in [-0.4, -0.2) is 32.7 Å². The topological polar surface area (TPSA) is 58.5 Å². The highest BCUT2D eigenvalue weighted by Crippen LogP contribution is 2.34. The van der Waals surface area contributed by atoms with E-state index in [-0.39, 0.29) is 5.91 Å². The number of aromatic nitrogens is 2. The lowest BCUT2D eigenvalue weighted by Gasteiger charge is -2.11. The van der Waals surface area contributed by atoms with Crippen LogP contribution in [0.15, 0.2) is 64.0 Å². The maximum Gasteiger partial charge on any atom is 0.267 e. The summed E-state index contributed by atoms with van der Waals surface area (Å²) in [6.07, 6.45) is 5.12. The van der Waals surface area contributed by atoms with Gasteiger partial charge in [-0.2, -0.15) is 4.99 Å². The number of halogens is 1. The zero-order chi connectivity index (χ0) is 18.5. The molecule has 26 heavy (non-hydrogen) atoms. The molecule has 0 spiro atoms.